The van der Waals surface area contributed by atoms with Crippen molar-refractivity contribution in [3.8, 4) is 0 Å². The number of carbonyl (C=O) groups excluding carboxylic acids is 3. The third kappa shape index (κ3) is 5.78. The highest BCUT2D eigenvalue weighted by molar-refractivity contribution is 6.33. The molecule has 8 heteroatoms. The highest BCUT2D eigenvalue weighted by Gasteiger charge is 2.23. The van der Waals surface area contributed by atoms with Crippen LogP contribution >= 0.6 is 11.6 Å². The van der Waals surface area contributed by atoms with Gasteiger partial charge in [0.2, 0.25) is 0 Å². The number of benzene rings is 1. The van der Waals surface area contributed by atoms with Crippen molar-refractivity contribution in [1.82, 2.24) is 10.6 Å². The molecular weight excluding hydrogens is 322 g/mol. The zero-order valence-corrected chi connectivity index (χ0v) is 14.2. The summed E-state index contributed by atoms with van der Waals surface area (Å²) in [4.78, 5) is 35.5. The number of amides is 3. The fourth-order valence-corrected chi connectivity index (χ4v) is 1.75. The number of nitrogens with two attached hydrogens (primary N) is 1. The normalized spacial score (nSPS) is 12.2. The average molecular weight is 342 g/mol. The largest absolute Gasteiger partial charge is 0.449 e. The Bertz CT molecular complexity index is 626. The van der Waals surface area contributed by atoms with Crippen LogP contribution in [0.15, 0.2) is 18.2 Å². The predicted octanol–water partition coefficient (Wildman–Crippen LogP) is 2.09. The topological polar surface area (TPSA) is 111 Å². The molecule has 23 heavy (non-hydrogen) atoms. The summed E-state index contributed by atoms with van der Waals surface area (Å²) >= 11 is 5.82. The second kappa shape index (κ2) is 7.32. The van der Waals surface area contributed by atoms with E-state index in [0.717, 1.165) is 0 Å². The Morgan fingerprint density at radius 3 is 2.43 bits per heavy atom. The Labute approximate surface area is 139 Å². The van der Waals surface area contributed by atoms with Gasteiger partial charge in [0.05, 0.1) is 16.3 Å². The van der Waals surface area contributed by atoms with Crippen LogP contribution in [0.4, 0.5) is 10.5 Å². The van der Waals surface area contributed by atoms with Gasteiger partial charge in [-0.2, -0.15) is 0 Å². The van der Waals surface area contributed by atoms with Crippen molar-refractivity contribution in [3.05, 3.63) is 28.8 Å². The predicted molar refractivity (Wildman–Crippen MR) is 87.2 cm³/mol. The second-order valence-electron chi connectivity index (χ2n) is 5.94. The molecule has 3 amide bonds. The van der Waals surface area contributed by atoms with Crippen LogP contribution in [0.1, 0.15) is 38.1 Å². The zero-order chi connectivity index (χ0) is 17.8. The Balaban J connectivity index is 2.66. The maximum absolute atomic E-state index is 12.0. The molecule has 0 aromatic heterocycles. The molecule has 1 atom stereocenters. The van der Waals surface area contributed by atoms with E-state index in [-0.39, 0.29) is 16.3 Å². The number of ether oxygens (including phenoxy) is 1. The van der Waals surface area contributed by atoms with E-state index in [9.17, 15) is 14.4 Å². The Hall–Kier alpha value is -2.28. The number of esters is 1. The number of halogens is 1. The molecule has 0 heterocycles. The van der Waals surface area contributed by atoms with Crippen LogP contribution in [-0.4, -0.2) is 29.6 Å². The molecule has 1 unspecified atom stereocenters. The molecule has 126 valence electrons. The number of hydrogen-bond donors (Lipinski definition) is 3. The molecule has 0 saturated heterocycles. The third-order valence-electron chi connectivity index (χ3n) is 2.65. The molecule has 0 radical (unpaired) electrons. The van der Waals surface area contributed by atoms with Crippen molar-refractivity contribution >= 4 is 35.2 Å². The van der Waals surface area contributed by atoms with E-state index in [0.29, 0.717) is 0 Å². The van der Waals surface area contributed by atoms with E-state index >= 15 is 0 Å². The number of nitrogens with one attached hydrogen (secondary N) is 2. The minimum atomic E-state index is -1.17. The molecule has 0 aliphatic rings. The van der Waals surface area contributed by atoms with Gasteiger partial charge in [-0.05, 0) is 39.8 Å². The van der Waals surface area contributed by atoms with Gasteiger partial charge in [0.25, 0.3) is 5.91 Å². The van der Waals surface area contributed by atoms with Crippen molar-refractivity contribution in [3.63, 3.8) is 0 Å². The summed E-state index contributed by atoms with van der Waals surface area (Å²) in [5.74, 6) is -1.55. The highest BCUT2D eigenvalue weighted by Crippen LogP contribution is 2.23. The van der Waals surface area contributed by atoms with Gasteiger partial charge in [0.1, 0.15) is 0 Å². The van der Waals surface area contributed by atoms with Gasteiger partial charge in [-0.1, -0.05) is 17.7 Å². The van der Waals surface area contributed by atoms with Gasteiger partial charge in [-0.3, -0.25) is 10.1 Å². The summed E-state index contributed by atoms with van der Waals surface area (Å²) in [6.45, 7) is 6.64. The van der Waals surface area contributed by atoms with Gasteiger partial charge < -0.3 is 15.8 Å². The molecular formula is C15H20ClN3O4. The molecule has 1 rings (SSSR count). The third-order valence-corrected chi connectivity index (χ3v) is 2.98. The van der Waals surface area contributed by atoms with E-state index in [2.05, 4.69) is 10.6 Å². The maximum atomic E-state index is 12.0. The van der Waals surface area contributed by atoms with Crippen LogP contribution in [-0.2, 0) is 9.53 Å². The first-order chi connectivity index (χ1) is 10.5. The summed E-state index contributed by atoms with van der Waals surface area (Å²) in [6.07, 6.45) is -1.17. The van der Waals surface area contributed by atoms with E-state index in [4.69, 9.17) is 22.1 Å². The van der Waals surface area contributed by atoms with Gasteiger partial charge in [0.15, 0.2) is 6.10 Å². The van der Waals surface area contributed by atoms with Crippen LogP contribution in [0.25, 0.3) is 0 Å². The van der Waals surface area contributed by atoms with Crippen molar-refractivity contribution in [2.75, 3.05) is 5.73 Å². The number of carbonyl (C=O) groups is 3. The first-order valence-electron chi connectivity index (χ1n) is 6.89. The number of urea groups is 1. The van der Waals surface area contributed by atoms with Crippen LogP contribution in [0, 0.1) is 0 Å². The number of nitrogen functional groups attached to an aromatic ring is 1. The quantitative estimate of drug-likeness (QED) is 0.576. The second-order valence-corrected chi connectivity index (χ2v) is 6.35. The summed E-state index contributed by atoms with van der Waals surface area (Å²) in [5, 5.41) is 4.86. The highest BCUT2D eigenvalue weighted by atomic mass is 35.5. The van der Waals surface area contributed by atoms with Crippen LogP contribution in [0.5, 0.6) is 0 Å². The standard InChI is InChI=1S/C15H20ClN3O4/c1-8(12(20)18-14(22)19-15(2,3)4)23-13(21)9-6-5-7-10(16)11(9)17/h5-8H,17H2,1-4H3,(H2,18,19,20,22). The molecule has 4 N–H and O–H groups in total. The van der Waals surface area contributed by atoms with Gasteiger partial charge in [0, 0.05) is 5.54 Å². The first-order valence-corrected chi connectivity index (χ1v) is 7.27. The van der Waals surface area contributed by atoms with E-state index < -0.39 is 29.6 Å². The number of rotatable bonds is 3. The van der Waals surface area contributed by atoms with Gasteiger partial charge in [-0.25, -0.2) is 9.59 Å². The molecule has 0 fully saturated rings. The molecule has 7 nitrogen and oxygen atoms in total. The minimum absolute atomic E-state index is 0.0521. The monoisotopic (exact) mass is 341 g/mol. The van der Waals surface area contributed by atoms with Crippen LogP contribution in [0.2, 0.25) is 5.02 Å². The van der Waals surface area contributed by atoms with Crippen LogP contribution in [0.3, 0.4) is 0 Å². The average Bonchev–Trinajstić information content (AvgIpc) is 2.39. The molecule has 0 bridgehead atoms. The summed E-state index contributed by atoms with van der Waals surface area (Å²) in [7, 11) is 0. The Kier molecular flexibility index (Phi) is 5.98. The zero-order valence-electron chi connectivity index (χ0n) is 13.4. The molecule has 0 aliphatic carbocycles. The summed E-state index contributed by atoms with van der Waals surface area (Å²) in [5.41, 5.74) is 5.31. The number of anilines is 1. The molecule has 1 aromatic rings. The van der Waals surface area contributed by atoms with Gasteiger partial charge in [-0.15, -0.1) is 0 Å². The first kappa shape index (κ1) is 18.8. The molecule has 0 spiro atoms. The minimum Gasteiger partial charge on any atom is -0.449 e. The van der Waals surface area contributed by atoms with Crippen molar-refractivity contribution in [1.29, 1.82) is 0 Å². The summed E-state index contributed by atoms with van der Waals surface area (Å²) < 4.78 is 5.00. The van der Waals surface area contributed by atoms with Crippen molar-refractivity contribution in [2.24, 2.45) is 0 Å². The smallest absolute Gasteiger partial charge is 0.341 e. The Morgan fingerprint density at radius 1 is 1.26 bits per heavy atom. The van der Waals surface area contributed by atoms with E-state index in [1.165, 1.54) is 25.1 Å². The number of hydrogen-bond acceptors (Lipinski definition) is 5. The fraction of sp³-hybridized carbons (Fsp3) is 0.400. The lowest BCUT2D eigenvalue weighted by Gasteiger charge is -2.21. The molecule has 1 aromatic carbocycles. The van der Waals surface area contributed by atoms with Crippen molar-refractivity contribution < 1.29 is 19.1 Å². The lowest BCUT2D eigenvalue weighted by molar-refractivity contribution is -0.127. The SMILES string of the molecule is CC(OC(=O)c1cccc(Cl)c1N)C(=O)NC(=O)NC(C)(C)C. The van der Waals surface area contributed by atoms with E-state index in [1.54, 1.807) is 20.8 Å². The molecule has 0 saturated carbocycles. The lowest BCUT2D eigenvalue weighted by atomic mass is 10.1. The number of imide groups is 1. The summed E-state index contributed by atoms with van der Waals surface area (Å²) in [6, 6.07) is 3.82. The molecule has 0 aliphatic heterocycles. The Morgan fingerprint density at radius 2 is 1.87 bits per heavy atom. The van der Waals surface area contributed by atoms with E-state index in [1.807, 2.05) is 0 Å². The van der Waals surface area contributed by atoms with Gasteiger partial charge >= 0.3 is 12.0 Å². The fourth-order valence-electron chi connectivity index (χ4n) is 1.58. The lowest BCUT2D eigenvalue weighted by Crippen LogP contribution is -2.50. The maximum Gasteiger partial charge on any atom is 0.341 e. The van der Waals surface area contributed by atoms with Crippen molar-refractivity contribution in [2.45, 2.75) is 39.3 Å². The van der Waals surface area contributed by atoms with Crippen LogP contribution < -0.4 is 16.4 Å². The number of para-hydroxylation sites is 1.